The van der Waals surface area contributed by atoms with E-state index in [0.29, 0.717) is 6.54 Å². The third-order valence-corrected chi connectivity index (χ3v) is 4.72. The summed E-state index contributed by atoms with van der Waals surface area (Å²) >= 11 is 0. The summed E-state index contributed by atoms with van der Waals surface area (Å²) in [6.07, 6.45) is 4.62. The van der Waals surface area contributed by atoms with Crippen LogP contribution in [-0.4, -0.2) is 32.0 Å². The monoisotopic (exact) mass is 335 g/mol. The van der Waals surface area contributed by atoms with E-state index in [0.717, 1.165) is 23.5 Å². The molecule has 1 aliphatic rings. The first kappa shape index (κ1) is 15.6. The van der Waals surface area contributed by atoms with E-state index in [2.05, 4.69) is 16.3 Å². The maximum Gasteiger partial charge on any atom is 0.248 e. The normalized spacial score (nSPS) is 16.7. The van der Waals surface area contributed by atoms with Crippen molar-refractivity contribution in [1.29, 1.82) is 0 Å². The molecule has 1 aliphatic heterocycles. The van der Waals surface area contributed by atoms with Gasteiger partial charge in [-0.25, -0.2) is 0 Å². The summed E-state index contributed by atoms with van der Waals surface area (Å²) in [4.78, 5) is 14.9. The minimum atomic E-state index is 0.0514. The lowest BCUT2D eigenvalue weighted by atomic mass is 9.98. The highest BCUT2D eigenvalue weighted by molar-refractivity contribution is 5.94. The highest BCUT2D eigenvalue weighted by atomic mass is 16.2. The van der Waals surface area contributed by atoms with E-state index in [1.54, 1.807) is 10.9 Å². The van der Waals surface area contributed by atoms with Crippen LogP contribution in [0, 0.1) is 13.8 Å². The van der Waals surface area contributed by atoms with Gasteiger partial charge in [-0.05, 0) is 44.0 Å². The second-order valence-electron chi connectivity index (χ2n) is 6.56. The van der Waals surface area contributed by atoms with E-state index in [-0.39, 0.29) is 18.5 Å². The molecule has 1 aromatic carbocycles. The van der Waals surface area contributed by atoms with Crippen LogP contribution in [0.25, 0.3) is 0 Å². The number of amides is 1. The summed E-state index contributed by atoms with van der Waals surface area (Å²) in [6, 6.07) is 12.2. The minimum absolute atomic E-state index is 0.0514. The van der Waals surface area contributed by atoms with Crippen LogP contribution >= 0.6 is 0 Å². The topological polar surface area (TPSA) is 56.0 Å². The minimum Gasteiger partial charge on any atom is -0.308 e. The molecule has 25 heavy (non-hydrogen) atoms. The fourth-order valence-corrected chi connectivity index (χ4v) is 3.53. The molecule has 3 aromatic rings. The maximum absolute atomic E-state index is 13.0. The number of hydrogen-bond donors (Lipinski definition) is 0. The molecule has 0 saturated heterocycles. The van der Waals surface area contributed by atoms with Gasteiger partial charge in [0.05, 0.1) is 11.7 Å². The van der Waals surface area contributed by atoms with Gasteiger partial charge in [0.1, 0.15) is 6.54 Å². The van der Waals surface area contributed by atoms with Gasteiger partial charge < -0.3 is 4.90 Å². The Morgan fingerprint density at radius 3 is 2.80 bits per heavy atom. The molecule has 1 unspecified atom stereocenters. The summed E-state index contributed by atoms with van der Waals surface area (Å²) in [5, 5.41) is 8.79. The van der Waals surface area contributed by atoms with Gasteiger partial charge in [0, 0.05) is 30.3 Å². The number of rotatable bonds is 3. The number of benzene rings is 1. The van der Waals surface area contributed by atoms with Crippen molar-refractivity contribution in [2.45, 2.75) is 32.9 Å². The van der Waals surface area contributed by atoms with Crippen molar-refractivity contribution in [1.82, 2.24) is 19.6 Å². The summed E-state index contributed by atoms with van der Waals surface area (Å²) < 4.78 is 3.72. The van der Waals surface area contributed by atoms with Crippen molar-refractivity contribution in [3.8, 4) is 0 Å². The second-order valence-corrected chi connectivity index (χ2v) is 6.56. The third-order valence-electron chi connectivity index (χ3n) is 4.72. The number of para-hydroxylation sites is 1. The average Bonchev–Trinajstić information content (AvgIpc) is 3.24. The largest absolute Gasteiger partial charge is 0.308 e. The number of nitrogens with zero attached hydrogens (tertiary/aromatic N) is 5. The van der Waals surface area contributed by atoms with Crippen molar-refractivity contribution >= 4 is 11.6 Å². The molecule has 1 amide bonds. The Balaban J connectivity index is 1.64. The molecule has 0 fully saturated rings. The Kier molecular flexibility index (Phi) is 3.87. The Hall–Kier alpha value is -2.89. The van der Waals surface area contributed by atoms with Crippen molar-refractivity contribution in [3.63, 3.8) is 0 Å². The predicted octanol–water partition coefficient (Wildman–Crippen LogP) is 2.53. The molecular weight excluding hydrogens is 314 g/mol. The third kappa shape index (κ3) is 2.95. The van der Waals surface area contributed by atoms with E-state index in [9.17, 15) is 4.79 Å². The smallest absolute Gasteiger partial charge is 0.248 e. The van der Waals surface area contributed by atoms with Gasteiger partial charge in [0.25, 0.3) is 0 Å². The summed E-state index contributed by atoms with van der Waals surface area (Å²) in [6.45, 7) is 4.79. The van der Waals surface area contributed by atoms with Crippen LogP contribution in [0.5, 0.6) is 0 Å². The molecule has 1 atom stereocenters. The molecule has 128 valence electrons. The average molecular weight is 335 g/mol. The van der Waals surface area contributed by atoms with Gasteiger partial charge in [-0.1, -0.05) is 18.2 Å². The molecule has 0 N–H and O–H groups in total. The molecule has 0 bridgehead atoms. The zero-order valence-electron chi connectivity index (χ0n) is 14.5. The number of anilines is 1. The number of fused-ring (bicyclic) bond motifs is 1. The zero-order chi connectivity index (χ0) is 17.4. The Bertz CT molecular complexity index is 896. The van der Waals surface area contributed by atoms with Gasteiger partial charge in [0.2, 0.25) is 5.91 Å². The maximum atomic E-state index is 13.0. The predicted molar refractivity (Wildman–Crippen MR) is 95.5 cm³/mol. The van der Waals surface area contributed by atoms with Crippen molar-refractivity contribution in [2.75, 3.05) is 11.4 Å². The van der Waals surface area contributed by atoms with Crippen LogP contribution in [0.4, 0.5) is 5.69 Å². The first-order valence-corrected chi connectivity index (χ1v) is 8.50. The highest BCUT2D eigenvalue weighted by Crippen LogP contribution is 2.31. The lowest BCUT2D eigenvalue weighted by Crippen LogP contribution is -2.42. The molecule has 0 spiro atoms. The quantitative estimate of drug-likeness (QED) is 0.739. The van der Waals surface area contributed by atoms with Gasteiger partial charge >= 0.3 is 0 Å². The Morgan fingerprint density at radius 1 is 1.24 bits per heavy atom. The van der Waals surface area contributed by atoms with Crippen LogP contribution in [-0.2, 0) is 17.8 Å². The first-order chi connectivity index (χ1) is 12.1. The van der Waals surface area contributed by atoms with E-state index in [4.69, 9.17) is 0 Å². The zero-order valence-corrected chi connectivity index (χ0v) is 14.5. The van der Waals surface area contributed by atoms with Gasteiger partial charge in [0.15, 0.2) is 0 Å². The SMILES string of the molecule is Cc1cc(C)n(CC(=O)N2CC(n3cccn3)Cc3ccccc32)n1. The lowest BCUT2D eigenvalue weighted by Gasteiger charge is -2.34. The van der Waals surface area contributed by atoms with Gasteiger partial charge in [-0.3, -0.25) is 14.2 Å². The molecular formula is C19H21N5O. The van der Waals surface area contributed by atoms with Crippen LogP contribution in [0.2, 0.25) is 0 Å². The molecule has 0 aliphatic carbocycles. The Morgan fingerprint density at radius 2 is 2.08 bits per heavy atom. The number of aryl methyl sites for hydroxylation is 2. The number of hydrogen-bond acceptors (Lipinski definition) is 3. The molecule has 6 heteroatoms. The number of aromatic nitrogens is 4. The number of carbonyl (C=O) groups is 1. The summed E-state index contributed by atoms with van der Waals surface area (Å²) in [7, 11) is 0. The molecule has 0 saturated carbocycles. The first-order valence-electron chi connectivity index (χ1n) is 8.50. The van der Waals surface area contributed by atoms with E-state index >= 15 is 0 Å². The van der Waals surface area contributed by atoms with Crippen LogP contribution in [0.3, 0.4) is 0 Å². The lowest BCUT2D eigenvalue weighted by molar-refractivity contribution is -0.119. The van der Waals surface area contributed by atoms with Crippen molar-refractivity contribution in [3.05, 3.63) is 65.7 Å². The van der Waals surface area contributed by atoms with Gasteiger partial charge in [-0.15, -0.1) is 0 Å². The second kappa shape index (κ2) is 6.20. The van der Waals surface area contributed by atoms with E-state index < -0.39 is 0 Å². The molecule has 3 heterocycles. The molecule has 2 aromatic heterocycles. The Labute approximate surface area is 146 Å². The fraction of sp³-hybridized carbons (Fsp3) is 0.316. The summed E-state index contributed by atoms with van der Waals surface area (Å²) in [5.74, 6) is 0.0514. The van der Waals surface area contributed by atoms with Gasteiger partial charge in [-0.2, -0.15) is 10.2 Å². The molecule has 6 nitrogen and oxygen atoms in total. The molecule has 0 radical (unpaired) electrons. The van der Waals surface area contributed by atoms with E-state index in [1.165, 1.54) is 5.56 Å². The summed E-state index contributed by atoms with van der Waals surface area (Å²) in [5.41, 5.74) is 4.10. The van der Waals surface area contributed by atoms with Crippen LogP contribution < -0.4 is 4.90 Å². The van der Waals surface area contributed by atoms with Crippen LogP contribution in [0.1, 0.15) is 23.0 Å². The fourth-order valence-electron chi connectivity index (χ4n) is 3.53. The standard InChI is InChI=1S/C19H21N5O/c1-14-10-15(2)24(21-14)13-19(25)22-12-17(23-9-5-8-20-23)11-16-6-3-4-7-18(16)22/h3-10,17H,11-13H2,1-2H3. The van der Waals surface area contributed by atoms with Crippen LogP contribution in [0.15, 0.2) is 48.8 Å². The van der Waals surface area contributed by atoms with E-state index in [1.807, 2.05) is 60.0 Å². The molecule has 4 rings (SSSR count). The number of carbonyl (C=O) groups excluding carboxylic acids is 1. The van der Waals surface area contributed by atoms with Crippen molar-refractivity contribution in [2.24, 2.45) is 0 Å². The highest BCUT2D eigenvalue weighted by Gasteiger charge is 2.29. The van der Waals surface area contributed by atoms with Crippen molar-refractivity contribution < 1.29 is 4.79 Å².